The van der Waals surface area contributed by atoms with Crippen molar-refractivity contribution in [3.63, 3.8) is 0 Å². The van der Waals surface area contributed by atoms with E-state index in [1.165, 1.54) is 25.2 Å². The molecule has 2 saturated heterocycles. The predicted octanol–water partition coefficient (Wildman–Crippen LogP) is 1.64. The Morgan fingerprint density at radius 1 is 0.800 bits per heavy atom. The minimum Gasteiger partial charge on any atom is -0.353 e. The molecule has 25 heavy (non-hydrogen) atoms. The second-order valence-corrected chi connectivity index (χ2v) is 6.54. The van der Waals surface area contributed by atoms with Crippen molar-refractivity contribution >= 4 is 17.7 Å². The van der Waals surface area contributed by atoms with Gasteiger partial charge in [0.2, 0.25) is 11.9 Å². The minimum atomic E-state index is -0.409. The van der Waals surface area contributed by atoms with E-state index >= 15 is 0 Å². The fourth-order valence-electron chi connectivity index (χ4n) is 3.36. The number of anilines is 3. The molecule has 2 aromatic rings. The number of hydrogen-bond donors (Lipinski definition) is 0. The van der Waals surface area contributed by atoms with Gasteiger partial charge in [0.25, 0.3) is 0 Å². The van der Waals surface area contributed by atoms with E-state index in [4.69, 9.17) is 4.98 Å². The first kappa shape index (κ1) is 16.0. The number of nitrogens with zero attached hydrogens (tertiary/aromatic N) is 7. The van der Waals surface area contributed by atoms with Gasteiger partial charge in [0.15, 0.2) is 5.82 Å². The highest BCUT2D eigenvalue weighted by Gasteiger charge is 2.22. The van der Waals surface area contributed by atoms with E-state index in [1.54, 1.807) is 0 Å². The lowest BCUT2D eigenvalue weighted by molar-refractivity contribution is 0.601. The topological polar surface area (TPSA) is 61.3 Å². The van der Waals surface area contributed by atoms with Crippen LogP contribution in [0.15, 0.2) is 18.5 Å². The van der Waals surface area contributed by atoms with Crippen LogP contribution in [0.4, 0.5) is 22.1 Å². The van der Waals surface area contributed by atoms with Gasteiger partial charge in [-0.2, -0.15) is 4.98 Å². The van der Waals surface area contributed by atoms with Gasteiger partial charge in [-0.15, -0.1) is 0 Å². The Morgan fingerprint density at radius 3 is 2.08 bits per heavy atom. The summed E-state index contributed by atoms with van der Waals surface area (Å²) in [6.45, 7) is 7.33. The van der Waals surface area contributed by atoms with E-state index < -0.39 is 5.82 Å². The summed E-state index contributed by atoms with van der Waals surface area (Å²) in [7, 11) is 0. The number of aromatic nitrogens is 4. The maximum Gasteiger partial charge on any atom is 0.227 e. The quantitative estimate of drug-likeness (QED) is 0.839. The molecule has 0 aromatic carbocycles. The van der Waals surface area contributed by atoms with Crippen LogP contribution in [0, 0.1) is 12.7 Å². The molecule has 132 valence electrons. The number of rotatable bonds is 3. The zero-order valence-corrected chi connectivity index (χ0v) is 14.4. The SMILES string of the molecule is Cc1cc(N2CCN(c3ncc(F)cn3)CC2)nc(N2CCCC2)n1. The molecule has 0 bridgehead atoms. The lowest BCUT2D eigenvalue weighted by Gasteiger charge is -2.35. The minimum absolute atomic E-state index is 0.409. The van der Waals surface area contributed by atoms with E-state index in [9.17, 15) is 4.39 Å². The van der Waals surface area contributed by atoms with Gasteiger partial charge in [0.05, 0.1) is 12.4 Å². The average Bonchev–Trinajstić information content (AvgIpc) is 3.17. The molecule has 0 saturated carbocycles. The summed E-state index contributed by atoms with van der Waals surface area (Å²) < 4.78 is 13.0. The Bertz CT molecular complexity index is 722. The van der Waals surface area contributed by atoms with Crippen LogP contribution in [0.3, 0.4) is 0 Å². The third-order valence-electron chi connectivity index (χ3n) is 4.71. The van der Waals surface area contributed by atoms with E-state index in [0.29, 0.717) is 5.95 Å². The van der Waals surface area contributed by atoms with E-state index in [0.717, 1.165) is 56.7 Å². The van der Waals surface area contributed by atoms with Crippen molar-refractivity contribution in [1.29, 1.82) is 0 Å². The molecule has 0 N–H and O–H groups in total. The number of halogens is 1. The molecule has 0 atom stereocenters. The van der Waals surface area contributed by atoms with Crippen LogP contribution in [0.5, 0.6) is 0 Å². The molecule has 0 aliphatic carbocycles. The standard InChI is InChI=1S/C17H22FN7/c1-13-10-15(22-17(21-13)24-4-2-3-5-24)23-6-8-25(9-7-23)16-19-11-14(18)12-20-16/h10-12H,2-9H2,1H3. The summed E-state index contributed by atoms with van der Waals surface area (Å²) >= 11 is 0. The van der Waals surface area contributed by atoms with Crippen LogP contribution >= 0.6 is 0 Å². The van der Waals surface area contributed by atoms with Crippen molar-refractivity contribution in [2.75, 3.05) is 54.0 Å². The molecule has 7 nitrogen and oxygen atoms in total. The molecule has 4 heterocycles. The fourth-order valence-corrected chi connectivity index (χ4v) is 3.36. The molecule has 2 fully saturated rings. The summed E-state index contributed by atoms with van der Waals surface area (Å²) in [5, 5.41) is 0. The second kappa shape index (κ2) is 6.78. The summed E-state index contributed by atoms with van der Waals surface area (Å²) in [6, 6.07) is 2.05. The molecular weight excluding hydrogens is 321 g/mol. The van der Waals surface area contributed by atoms with Gasteiger partial charge in [-0.25, -0.2) is 19.3 Å². The Kier molecular flexibility index (Phi) is 4.33. The molecule has 0 unspecified atom stereocenters. The lowest BCUT2D eigenvalue weighted by atomic mass is 10.3. The monoisotopic (exact) mass is 343 g/mol. The van der Waals surface area contributed by atoms with Gasteiger partial charge in [-0.05, 0) is 19.8 Å². The van der Waals surface area contributed by atoms with Gasteiger partial charge in [-0.1, -0.05) is 0 Å². The third-order valence-corrected chi connectivity index (χ3v) is 4.71. The van der Waals surface area contributed by atoms with E-state index in [1.807, 2.05) is 13.0 Å². The van der Waals surface area contributed by atoms with Crippen molar-refractivity contribution in [2.24, 2.45) is 0 Å². The van der Waals surface area contributed by atoms with Crippen molar-refractivity contribution in [1.82, 2.24) is 19.9 Å². The molecule has 8 heteroatoms. The van der Waals surface area contributed by atoms with Crippen LogP contribution in [-0.2, 0) is 0 Å². The zero-order chi connectivity index (χ0) is 17.2. The fraction of sp³-hybridized carbons (Fsp3) is 0.529. The Balaban J connectivity index is 1.46. The Morgan fingerprint density at radius 2 is 1.40 bits per heavy atom. The van der Waals surface area contributed by atoms with Crippen molar-refractivity contribution in [3.05, 3.63) is 30.0 Å². The van der Waals surface area contributed by atoms with E-state index in [2.05, 4.69) is 29.7 Å². The predicted molar refractivity (Wildman–Crippen MR) is 94.6 cm³/mol. The smallest absolute Gasteiger partial charge is 0.227 e. The van der Waals surface area contributed by atoms with Crippen LogP contribution in [-0.4, -0.2) is 59.2 Å². The molecule has 0 amide bonds. The first-order chi connectivity index (χ1) is 12.2. The molecular formula is C17H22FN7. The maximum absolute atomic E-state index is 13.0. The maximum atomic E-state index is 13.0. The molecule has 4 rings (SSSR count). The first-order valence-electron chi connectivity index (χ1n) is 8.77. The van der Waals surface area contributed by atoms with Crippen LogP contribution in [0.2, 0.25) is 0 Å². The van der Waals surface area contributed by atoms with Gasteiger partial charge < -0.3 is 14.7 Å². The molecule has 0 radical (unpaired) electrons. The van der Waals surface area contributed by atoms with Crippen LogP contribution in [0.1, 0.15) is 18.5 Å². The molecule has 0 spiro atoms. The zero-order valence-electron chi connectivity index (χ0n) is 14.4. The summed E-state index contributed by atoms with van der Waals surface area (Å²) in [5.74, 6) is 2.00. The van der Waals surface area contributed by atoms with Crippen molar-refractivity contribution in [2.45, 2.75) is 19.8 Å². The third kappa shape index (κ3) is 3.47. The van der Waals surface area contributed by atoms with Crippen molar-refractivity contribution in [3.8, 4) is 0 Å². The lowest BCUT2D eigenvalue weighted by Crippen LogP contribution is -2.47. The van der Waals surface area contributed by atoms with Gasteiger partial charge in [0, 0.05) is 51.0 Å². The van der Waals surface area contributed by atoms with Crippen molar-refractivity contribution < 1.29 is 4.39 Å². The number of piperazine rings is 1. The molecule has 2 aliphatic heterocycles. The van der Waals surface area contributed by atoms with Gasteiger partial charge in [0.1, 0.15) is 5.82 Å². The second-order valence-electron chi connectivity index (χ2n) is 6.54. The van der Waals surface area contributed by atoms with Crippen LogP contribution < -0.4 is 14.7 Å². The highest BCUT2D eigenvalue weighted by atomic mass is 19.1. The summed E-state index contributed by atoms with van der Waals surface area (Å²) in [6.07, 6.45) is 4.85. The highest BCUT2D eigenvalue weighted by Crippen LogP contribution is 2.22. The number of hydrogen-bond acceptors (Lipinski definition) is 7. The molecule has 2 aliphatic rings. The summed E-state index contributed by atoms with van der Waals surface area (Å²) in [4.78, 5) is 24.1. The average molecular weight is 343 g/mol. The van der Waals surface area contributed by atoms with Crippen LogP contribution in [0.25, 0.3) is 0 Å². The summed E-state index contributed by atoms with van der Waals surface area (Å²) in [5.41, 5.74) is 0.996. The van der Waals surface area contributed by atoms with Gasteiger partial charge in [-0.3, -0.25) is 0 Å². The normalized spacial score (nSPS) is 18.1. The Hall–Kier alpha value is -2.51. The van der Waals surface area contributed by atoms with Gasteiger partial charge >= 0.3 is 0 Å². The highest BCUT2D eigenvalue weighted by molar-refractivity contribution is 5.48. The Labute approximate surface area is 146 Å². The number of aryl methyl sites for hydroxylation is 1. The first-order valence-corrected chi connectivity index (χ1v) is 8.77. The molecule has 2 aromatic heterocycles. The van der Waals surface area contributed by atoms with E-state index in [-0.39, 0.29) is 0 Å². The largest absolute Gasteiger partial charge is 0.353 e.